The Hall–Kier alpha value is -1.07. The van der Waals surface area contributed by atoms with Gasteiger partial charge in [0, 0.05) is 12.3 Å². The SMILES string of the molecule is FC1(F)CC1Cn1ncnn1. The van der Waals surface area contributed by atoms with E-state index in [4.69, 9.17) is 0 Å². The molecule has 0 saturated heterocycles. The minimum Gasteiger partial charge on any atom is -0.206 e. The maximum Gasteiger partial charge on any atom is 0.253 e. The minimum atomic E-state index is -2.49. The van der Waals surface area contributed by atoms with Crippen LogP contribution in [-0.4, -0.2) is 26.1 Å². The van der Waals surface area contributed by atoms with E-state index in [0.29, 0.717) is 0 Å². The lowest BCUT2D eigenvalue weighted by atomic mass is 10.4. The zero-order valence-electron chi connectivity index (χ0n) is 5.61. The van der Waals surface area contributed by atoms with Crippen molar-refractivity contribution in [1.29, 1.82) is 0 Å². The molecule has 6 heteroatoms. The lowest BCUT2D eigenvalue weighted by molar-refractivity contribution is 0.0930. The van der Waals surface area contributed by atoms with Crippen LogP contribution < -0.4 is 0 Å². The fourth-order valence-corrected chi connectivity index (χ4v) is 0.937. The third-order valence-electron chi connectivity index (χ3n) is 1.73. The van der Waals surface area contributed by atoms with Crippen molar-refractivity contribution in [3.63, 3.8) is 0 Å². The Morgan fingerprint density at radius 1 is 1.64 bits per heavy atom. The van der Waals surface area contributed by atoms with Crippen molar-refractivity contribution in [2.75, 3.05) is 0 Å². The molecule has 0 radical (unpaired) electrons. The molecule has 1 aromatic heterocycles. The summed E-state index contributed by atoms with van der Waals surface area (Å²) in [6.07, 6.45) is 1.19. The van der Waals surface area contributed by atoms with E-state index in [-0.39, 0.29) is 13.0 Å². The van der Waals surface area contributed by atoms with Crippen LogP contribution in [0.4, 0.5) is 8.78 Å². The number of alkyl halides is 2. The van der Waals surface area contributed by atoms with Crippen molar-refractivity contribution in [3.8, 4) is 0 Å². The van der Waals surface area contributed by atoms with Gasteiger partial charge in [-0.3, -0.25) is 0 Å². The Balaban J connectivity index is 1.95. The molecule has 0 amide bonds. The number of tetrazole rings is 1. The molecule has 4 nitrogen and oxygen atoms in total. The van der Waals surface area contributed by atoms with Gasteiger partial charge in [-0.05, 0) is 5.21 Å². The summed E-state index contributed by atoms with van der Waals surface area (Å²) in [4.78, 5) is 1.19. The predicted octanol–water partition coefficient (Wildman–Crippen LogP) is 0.328. The molecule has 1 aliphatic rings. The summed E-state index contributed by atoms with van der Waals surface area (Å²) in [5, 5.41) is 10.5. The molecule has 0 spiro atoms. The summed E-state index contributed by atoms with van der Waals surface area (Å²) in [6, 6.07) is 0. The van der Waals surface area contributed by atoms with E-state index in [1.807, 2.05) is 0 Å². The molecule has 2 rings (SSSR count). The van der Waals surface area contributed by atoms with Crippen LogP contribution in [0.25, 0.3) is 0 Å². The second-order valence-corrected chi connectivity index (χ2v) is 2.65. The quantitative estimate of drug-likeness (QED) is 0.626. The monoisotopic (exact) mass is 160 g/mol. The van der Waals surface area contributed by atoms with Gasteiger partial charge in [0.15, 0.2) is 6.33 Å². The Labute approximate surface area is 61.2 Å². The topological polar surface area (TPSA) is 43.6 Å². The van der Waals surface area contributed by atoms with Crippen LogP contribution in [0.2, 0.25) is 0 Å². The number of nitrogens with zero attached hydrogens (tertiary/aromatic N) is 4. The summed E-state index contributed by atoms with van der Waals surface area (Å²) >= 11 is 0. The van der Waals surface area contributed by atoms with Crippen LogP contribution in [0.1, 0.15) is 6.42 Å². The predicted molar refractivity (Wildman–Crippen MR) is 30.9 cm³/mol. The van der Waals surface area contributed by atoms with E-state index < -0.39 is 11.8 Å². The van der Waals surface area contributed by atoms with Gasteiger partial charge < -0.3 is 0 Å². The molecule has 0 aliphatic heterocycles. The highest BCUT2D eigenvalue weighted by Gasteiger charge is 2.57. The number of aromatic nitrogens is 4. The molecule has 1 heterocycles. The van der Waals surface area contributed by atoms with Gasteiger partial charge in [-0.1, -0.05) is 0 Å². The van der Waals surface area contributed by atoms with Crippen molar-refractivity contribution in [2.45, 2.75) is 18.9 Å². The lowest BCUT2D eigenvalue weighted by Crippen LogP contribution is -2.08. The van der Waals surface area contributed by atoms with Gasteiger partial charge in [0.2, 0.25) is 0 Å². The van der Waals surface area contributed by atoms with Gasteiger partial charge in [-0.2, -0.15) is 4.80 Å². The standard InChI is InChI=1S/C5H6F2N4/c6-5(7)1-4(5)2-11-9-3-8-10-11/h3-4H,1-2H2. The molecule has 1 fully saturated rings. The first kappa shape index (κ1) is 6.63. The van der Waals surface area contributed by atoms with Crippen LogP contribution in [0.15, 0.2) is 6.33 Å². The Morgan fingerprint density at radius 2 is 2.36 bits per heavy atom. The van der Waals surface area contributed by atoms with Crippen molar-refractivity contribution in [1.82, 2.24) is 20.2 Å². The van der Waals surface area contributed by atoms with Crippen molar-refractivity contribution >= 4 is 0 Å². The Bertz CT molecular complexity index is 245. The molecule has 60 valence electrons. The van der Waals surface area contributed by atoms with E-state index in [1.165, 1.54) is 11.1 Å². The van der Waals surface area contributed by atoms with Crippen LogP contribution in [-0.2, 0) is 6.54 Å². The molecule has 1 aliphatic carbocycles. The summed E-state index contributed by atoms with van der Waals surface area (Å²) in [7, 11) is 0. The third-order valence-corrected chi connectivity index (χ3v) is 1.73. The van der Waals surface area contributed by atoms with E-state index >= 15 is 0 Å². The molecule has 0 aromatic carbocycles. The average Bonchev–Trinajstić information content (AvgIpc) is 2.42. The molecule has 1 unspecified atom stereocenters. The molecule has 0 bridgehead atoms. The average molecular weight is 160 g/mol. The van der Waals surface area contributed by atoms with E-state index in [9.17, 15) is 8.78 Å². The molecular formula is C5H6F2N4. The fourth-order valence-electron chi connectivity index (χ4n) is 0.937. The maximum atomic E-state index is 12.3. The fraction of sp³-hybridized carbons (Fsp3) is 0.800. The summed E-state index contributed by atoms with van der Waals surface area (Å²) < 4.78 is 24.6. The molecule has 1 atom stereocenters. The van der Waals surface area contributed by atoms with Crippen LogP contribution in [0.5, 0.6) is 0 Å². The molecular weight excluding hydrogens is 154 g/mol. The maximum absolute atomic E-state index is 12.3. The normalized spacial score (nSPS) is 26.9. The summed E-state index contributed by atoms with van der Waals surface area (Å²) in [5.74, 6) is -3.08. The van der Waals surface area contributed by atoms with Crippen molar-refractivity contribution < 1.29 is 8.78 Å². The number of rotatable bonds is 2. The van der Waals surface area contributed by atoms with Crippen LogP contribution >= 0.6 is 0 Å². The zero-order chi connectivity index (χ0) is 7.90. The number of halogens is 2. The highest BCUT2D eigenvalue weighted by molar-refractivity contribution is 4.93. The highest BCUT2D eigenvalue weighted by atomic mass is 19.3. The lowest BCUT2D eigenvalue weighted by Gasteiger charge is -1.94. The highest BCUT2D eigenvalue weighted by Crippen LogP contribution is 2.49. The first-order valence-electron chi connectivity index (χ1n) is 3.27. The molecule has 11 heavy (non-hydrogen) atoms. The van der Waals surface area contributed by atoms with Gasteiger partial charge >= 0.3 is 0 Å². The Morgan fingerprint density at radius 3 is 2.82 bits per heavy atom. The minimum absolute atomic E-state index is 0.0471. The second-order valence-electron chi connectivity index (χ2n) is 2.65. The smallest absolute Gasteiger partial charge is 0.206 e. The van der Waals surface area contributed by atoms with E-state index in [0.717, 1.165) is 0 Å². The zero-order valence-corrected chi connectivity index (χ0v) is 5.61. The molecule has 0 N–H and O–H groups in total. The number of hydrogen-bond acceptors (Lipinski definition) is 3. The summed E-state index contributed by atoms with van der Waals surface area (Å²) in [5.41, 5.74) is 0. The second kappa shape index (κ2) is 1.96. The first-order chi connectivity index (χ1) is 5.18. The van der Waals surface area contributed by atoms with Crippen LogP contribution in [0, 0.1) is 5.92 Å². The molecule has 1 saturated carbocycles. The van der Waals surface area contributed by atoms with Gasteiger partial charge in [-0.25, -0.2) is 8.78 Å². The van der Waals surface area contributed by atoms with Gasteiger partial charge in [-0.15, -0.1) is 10.2 Å². The van der Waals surface area contributed by atoms with Gasteiger partial charge in [0.25, 0.3) is 5.92 Å². The first-order valence-corrected chi connectivity index (χ1v) is 3.27. The van der Waals surface area contributed by atoms with E-state index in [1.54, 1.807) is 0 Å². The van der Waals surface area contributed by atoms with Gasteiger partial charge in [0.05, 0.1) is 6.54 Å². The van der Waals surface area contributed by atoms with Crippen molar-refractivity contribution in [2.24, 2.45) is 5.92 Å². The molecule has 1 aromatic rings. The van der Waals surface area contributed by atoms with Gasteiger partial charge in [0.1, 0.15) is 0 Å². The van der Waals surface area contributed by atoms with Crippen LogP contribution in [0.3, 0.4) is 0 Å². The largest absolute Gasteiger partial charge is 0.253 e. The number of hydrogen-bond donors (Lipinski definition) is 0. The Kier molecular flexibility index (Phi) is 1.18. The summed E-state index contributed by atoms with van der Waals surface area (Å²) in [6.45, 7) is 0.174. The van der Waals surface area contributed by atoms with E-state index in [2.05, 4.69) is 15.4 Å². The third kappa shape index (κ3) is 1.20. The van der Waals surface area contributed by atoms with Crippen molar-refractivity contribution in [3.05, 3.63) is 6.33 Å².